The average Bonchev–Trinajstić information content (AvgIpc) is 3.43. The molecule has 0 aliphatic heterocycles. The van der Waals surface area contributed by atoms with Crippen LogP contribution in [0.1, 0.15) is 34.9 Å². The Hall–Kier alpha value is -4.29. The van der Waals surface area contributed by atoms with Crippen LogP contribution in [-0.2, 0) is 0 Å². The molecular formula is C24H20ClN9. The molecule has 0 fully saturated rings. The Morgan fingerprint density at radius 3 is 2.62 bits per heavy atom. The third-order valence-corrected chi connectivity index (χ3v) is 5.62. The number of benzene rings is 1. The Balaban J connectivity index is 1.55. The number of alkyl halides is 1. The second-order valence-corrected chi connectivity index (χ2v) is 8.55. The molecule has 1 N–H and O–H groups in total. The normalized spacial score (nSPS) is 12.0. The van der Waals surface area contributed by atoms with Crippen LogP contribution in [0.15, 0.2) is 54.9 Å². The van der Waals surface area contributed by atoms with Gasteiger partial charge in [0.15, 0.2) is 17.3 Å². The van der Waals surface area contributed by atoms with E-state index in [0.29, 0.717) is 23.1 Å². The van der Waals surface area contributed by atoms with Crippen LogP contribution in [0, 0.1) is 25.2 Å². The van der Waals surface area contributed by atoms with Crippen LogP contribution in [0.2, 0.25) is 0 Å². The number of halogens is 1. The number of fused-ring (bicyclic) bond motifs is 1. The summed E-state index contributed by atoms with van der Waals surface area (Å²) >= 11 is 6.43. The van der Waals surface area contributed by atoms with E-state index in [1.54, 1.807) is 17.1 Å². The number of anilines is 2. The molecule has 1 aromatic carbocycles. The predicted octanol–water partition coefficient (Wildman–Crippen LogP) is 4.93. The van der Waals surface area contributed by atoms with Gasteiger partial charge in [-0.15, -0.1) is 16.7 Å². The highest BCUT2D eigenvalue weighted by atomic mass is 35.5. The van der Waals surface area contributed by atoms with Crippen LogP contribution in [0.25, 0.3) is 22.7 Å². The standard InChI is InChI=1S/C24H20ClN9/c1-14-4-8-22(31-30-14)28-17-5-7-21-20(11-17)27-13-33(21)23-9-6-19(16(3)25)24(29-23)34-15(2)10-18(12-26)32-34/h4-11,13,16H,1-3H3,(H,28,31). The van der Waals surface area contributed by atoms with Crippen molar-refractivity contribution < 1.29 is 0 Å². The van der Waals surface area contributed by atoms with Crippen LogP contribution < -0.4 is 5.32 Å². The Morgan fingerprint density at radius 1 is 1.06 bits per heavy atom. The van der Waals surface area contributed by atoms with Gasteiger partial charge < -0.3 is 5.32 Å². The van der Waals surface area contributed by atoms with E-state index >= 15 is 0 Å². The van der Waals surface area contributed by atoms with Gasteiger partial charge in [0.25, 0.3) is 0 Å². The summed E-state index contributed by atoms with van der Waals surface area (Å²) in [4.78, 5) is 9.42. The summed E-state index contributed by atoms with van der Waals surface area (Å²) in [5.74, 6) is 1.90. The molecular weight excluding hydrogens is 450 g/mol. The van der Waals surface area contributed by atoms with E-state index in [9.17, 15) is 5.26 Å². The fourth-order valence-corrected chi connectivity index (χ4v) is 3.86. The Labute approximate surface area is 200 Å². The van der Waals surface area contributed by atoms with Crippen molar-refractivity contribution in [1.82, 2.24) is 34.5 Å². The monoisotopic (exact) mass is 469 g/mol. The van der Waals surface area contributed by atoms with E-state index in [0.717, 1.165) is 33.7 Å². The third kappa shape index (κ3) is 3.95. The molecule has 0 amide bonds. The molecule has 5 rings (SSSR count). The molecule has 34 heavy (non-hydrogen) atoms. The number of pyridine rings is 1. The molecule has 0 bridgehead atoms. The van der Waals surface area contributed by atoms with Crippen LogP contribution >= 0.6 is 11.6 Å². The van der Waals surface area contributed by atoms with E-state index in [2.05, 4.69) is 31.7 Å². The lowest BCUT2D eigenvalue weighted by Gasteiger charge is -2.14. The highest BCUT2D eigenvalue weighted by molar-refractivity contribution is 6.20. The van der Waals surface area contributed by atoms with Crippen molar-refractivity contribution >= 4 is 34.1 Å². The van der Waals surface area contributed by atoms with Gasteiger partial charge in [0.05, 0.1) is 22.1 Å². The second-order valence-electron chi connectivity index (χ2n) is 7.90. The number of aromatic nitrogens is 7. The first-order chi connectivity index (χ1) is 16.4. The Kier molecular flexibility index (Phi) is 5.43. The van der Waals surface area contributed by atoms with Crippen molar-refractivity contribution in [2.75, 3.05) is 5.32 Å². The molecule has 1 unspecified atom stereocenters. The van der Waals surface area contributed by atoms with E-state index in [4.69, 9.17) is 16.6 Å². The number of aryl methyl sites for hydroxylation is 2. The highest BCUT2D eigenvalue weighted by Crippen LogP contribution is 2.28. The lowest BCUT2D eigenvalue weighted by atomic mass is 10.2. The maximum Gasteiger partial charge on any atom is 0.163 e. The molecule has 0 radical (unpaired) electrons. The van der Waals surface area contributed by atoms with Crippen molar-refractivity contribution in [3.63, 3.8) is 0 Å². The first-order valence-corrected chi connectivity index (χ1v) is 11.0. The maximum absolute atomic E-state index is 9.25. The molecule has 5 aromatic rings. The van der Waals surface area contributed by atoms with Gasteiger partial charge in [-0.2, -0.15) is 15.5 Å². The Morgan fingerprint density at radius 2 is 1.91 bits per heavy atom. The topological polar surface area (TPSA) is 110 Å². The molecule has 0 aliphatic rings. The molecule has 10 heteroatoms. The van der Waals surface area contributed by atoms with Gasteiger partial charge in [0.1, 0.15) is 18.2 Å². The molecule has 168 valence electrons. The highest BCUT2D eigenvalue weighted by Gasteiger charge is 2.17. The fourth-order valence-electron chi connectivity index (χ4n) is 3.69. The molecule has 0 aliphatic carbocycles. The van der Waals surface area contributed by atoms with Crippen molar-refractivity contribution in [3.05, 3.63) is 77.5 Å². The van der Waals surface area contributed by atoms with Crippen LogP contribution in [0.5, 0.6) is 0 Å². The van der Waals surface area contributed by atoms with E-state index in [1.165, 1.54) is 0 Å². The summed E-state index contributed by atoms with van der Waals surface area (Å²) < 4.78 is 3.56. The third-order valence-electron chi connectivity index (χ3n) is 5.39. The van der Waals surface area contributed by atoms with Crippen LogP contribution in [0.4, 0.5) is 11.5 Å². The zero-order valence-electron chi connectivity index (χ0n) is 18.7. The lowest BCUT2D eigenvalue weighted by molar-refractivity contribution is 0.787. The quantitative estimate of drug-likeness (QED) is 0.363. The summed E-state index contributed by atoms with van der Waals surface area (Å²) in [7, 11) is 0. The number of imidazole rings is 1. The molecule has 1 atom stereocenters. The smallest absolute Gasteiger partial charge is 0.163 e. The van der Waals surface area contributed by atoms with E-state index in [-0.39, 0.29) is 5.38 Å². The summed E-state index contributed by atoms with van der Waals surface area (Å²) in [5, 5.41) is 24.8. The minimum Gasteiger partial charge on any atom is -0.339 e. The summed E-state index contributed by atoms with van der Waals surface area (Å²) in [6, 6.07) is 17.3. The molecule has 9 nitrogen and oxygen atoms in total. The van der Waals surface area contributed by atoms with Crippen LogP contribution in [0.3, 0.4) is 0 Å². The minimum atomic E-state index is -0.288. The van der Waals surface area contributed by atoms with Gasteiger partial charge in [0, 0.05) is 16.9 Å². The largest absolute Gasteiger partial charge is 0.339 e. The maximum atomic E-state index is 9.25. The molecule has 0 saturated carbocycles. The Bertz CT molecular complexity index is 1540. The van der Waals surface area contributed by atoms with E-state index < -0.39 is 0 Å². The lowest BCUT2D eigenvalue weighted by Crippen LogP contribution is -2.09. The number of hydrogen-bond donors (Lipinski definition) is 1. The van der Waals surface area contributed by atoms with Crippen molar-refractivity contribution in [3.8, 4) is 17.7 Å². The number of nitrogens with zero attached hydrogens (tertiary/aromatic N) is 8. The van der Waals surface area contributed by atoms with Gasteiger partial charge in [-0.3, -0.25) is 4.57 Å². The van der Waals surface area contributed by atoms with Gasteiger partial charge in [-0.1, -0.05) is 6.07 Å². The van der Waals surface area contributed by atoms with Gasteiger partial charge in [-0.05, 0) is 63.2 Å². The number of nitriles is 1. The predicted molar refractivity (Wildman–Crippen MR) is 130 cm³/mol. The van der Waals surface area contributed by atoms with E-state index in [1.807, 2.05) is 67.8 Å². The zero-order valence-corrected chi connectivity index (χ0v) is 19.5. The van der Waals surface area contributed by atoms with Gasteiger partial charge >= 0.3 is 0 Å². The molecule has 0 saturated heterocycles. The van der Waals surface area contributed by atoms with Gasteiger partial charge in [-0.25, -0.2) is 14.6 Å². The van der Waals surface area contributed by atoms with Gasteiger partial charge in [0.2, 0.25) is 0 Å². The number of hydrogen-bond acceptors (Lipinski definition) is 7. The average molecular weight is 470 g/mol. The summed E-state index contributed by atoms with van der Waals surface area (Å²) in [6.45, 7) is 5.65. The minimum absolute atomic E-state index is 0.288. The fraction of sp³-hybridized carbons (Fsp3) is 0.167. The number of nitrogens with one attached hydrogen (secondary N) is 1. The molecule has 4 aromatic heterocycles. The van der Waals surface area contributed by atoms with Crippen molar-refractivity contribution in [2.24, 2.45) is 0 Å². The molecule has 4 heterocycles. The second kappa shape index (κ2) is 8.57. The zero-order chi connectivity index (χ0) is 23.8. The first kappa shape index (κ1) is 21.6. The summed E-state index contributed by atoms with van der Waals surface area (Å²) in [6.07, 6.45) is 1.73. The van der Waals surface area contributed by atoms with Crippen molar-refractivity contribution in [2.45, 2.75) is 26.1 Å². The SMILES string of the molecule is Cc1ccc(Nc2ccc3c(c2)ncn3-c2ccc(C(C)Cl)c(-n3nc(C#N)cc3C)n2)nn1. The number of rotatable bonds is 5. The molecule has 0 spiro atoms. The van der Waals surface area contributed by atoms with Crippen LogP contribution in [-0.4, -0.2) is 34.5 Å². The van der Waals surface area contributed by atoms with Crippen molar-refractivity contribution in [1.29, 1.82) is 5.26 Å². The summed E-state index contributed by atoms with van der Waals surface area (Å²) in [5.41, 5.74) is 5.33. The first-order valence-electron chi connectivity index (χ1n) is 10.6.